The Hall–Kier alpha value is -2.17. The van der Waals surface area contributed by atoms with Gasteiger partial charge in [-0.2, -0.15) is 0 Å². The van der Waals surface area contributed by atoms with Crippen LogP contribution in [0, 0.1) is 0 Å². The molecule has 5 nitrogen and oxygen atoms in total. The average Bonchev–Trinajstić information content (AvgIpc) is 2.96. The normalized spacial score (nSPS) is 17.3. The lowest BCUT2D eigenvalue weighted by molar-refractivity contribution is 0.0663. The van der Waals surface area contributed by atoms with Crippen LogP contribution in [0.3, 0.4) is 0 Å². The van der Waals surface area contributed by atoms with Crippen molar-refractivity contribution in [3.05, 3.63) is 23.5 Å². The highest BCUT2D eigenvalue weighted by molar-refractivity contribution is 5.97. The third kappa shape index (κ3) is 1.24. The summed E-state index contributed by atoms with van der Waals surface area (Å²) in [5, 5.41) is 10.0. The molecule has 0 bridgehead atoms. The van der Waals surface area contributed by atoms with E-state index in [1.165, 1.54) is 0 Å². The molecule has 2 aromatic rings. The number of rotatable bonds is 2. The van der Waals surface area contributed by atoms with Crippen LogP contribution in [0.15, 0.2) is 16.5 Å². The summed E-state index contributed by atoms with van der Waals surface area (Å²) < 4.78 is 16.0. The standard InChI is InChI=1S/C13H10O5/c14-13(15)12-11(6-1-2-6)7-3-9-10(17-5-16-9)4-8(7)18-12/h3-4,6H,1-2,5H2,(H,14,15). The summed E-state index contributed by atoms with van der Waals surface area (Å²) in [5.41, 5.74) is 1.36. The minimum Gasteiger partial charge on any atom is -0.475 e. The van der Waals surface area contributed by atoms with Gasteiger partial charge in [0.2, 0.25) is 12.6 Å². The van der Waals surface area contributed by atoms with Gasteiger partial charge in [-0.3, -0.25) is 0 Å². The summed E-state index contributed by atoms with van der Waals surface area (Å²) in [6, 6.07) is 3.53. The quantitative estimate of drug-likeness (QED) is 0.882. The second-order valence-corrected chi connectivity index (χ2v) is 4.63. The smallest absolute Gasteiger partial charge is 0.372 e. The fraction of sp³-hybridized carbons (Fsp3) is 0.308. The minimum absolute atomic E-state index is 0.0520. The molecule has 1 aromatic carbocycles. The van der Waals surface area contributed by atoms with Gasteiger partial charge in [0, 0.05) is 17.0 Å². The third-order valence-electron chi connectivity index (χ3n) is 3.40. The van der Waals surface area contributed by atoms with E-state index >= 15 is 0 Å². The van der Waals surface area contributed by atoms with Crippen molar-refractivity contribution in [1.29, 1.82) is 0 Å². The maximum Gasteiger partial charge on any atom is 0.372 e. The Morgan fingerprint density at radius 2 is 1.94 bits per heavy atom. The van der Waals surface area contributed by atoms with Crippen molar-refractivity contribution >= 4 is 16.9 Å². The van der Waals surface area contributed by atoms with E-state index in [1.807, 2.05) is 6.07 Å². The van der Waals surface area contributed by atoms with E-state index in [-0.39, 0.29) is 12.6 Å². The fourth-order valence-electron chi connectivity index (χ4n) is 2.44. The third-order valence-corrected chi connectivity index (χ3v) is 3.40. The Kier molecular flexibility index (Phi) is 1.74. The van der Waals surface area contributed by atoms with E-state index in [0.717, 1.165) is 23.8 Å². The van der Waals surface area contributed by atoms with Crippen LogP contribution in [0.5, 0.6) is 11.5 Å². The minimum atomic E-state index is -1.02. The molecule has 1 fully saturated rings. The molecule has 92 valence electrons. The van der Waals surface area contributed by atoms with E-state index in [0.29, 0.717) is 23.0 Å². The summed E-state index contributed by atoms with van der Waals surface area (Å²) in [7, 11) is 0. The number of hydrogen-bond donors (Lipinski definition) is 1. The SMILES string of the molecule is O=C(O)c1oc2cc3c(cc2c1C1CC1)OCO3. The highest BCUT2D eigenvalue weighted by Crippen LogP contribution is 2.48. The first-order valence-electron chi connectivity index (χ1n) is 5.83. The molecule has 0 unspecified atom stereocenters. The average molecular weight is 246 g/mol. The molecule has 4 rings (SSSR count). The molecule has 18 heavy (non-hydrogen) atoms. The second-order valence-electron chi connectivity index (χ2n) is 4.63. The Morgan fingerprint density at radius 1 is 1.22 bits per heavy atom. The first-order valence-corrected chi connectivity index (χ1v) is 5.83. The molecule has 0 radical (unpaired) electrons. The van der Waals surface area contributed by atoms with Gasteiger partial charge in [0.15, 0.2) is 11.5 Å². The van der Waals surface area contributed by atoms with Crippen LogP contribution in [0.25, 0.3) is 11.0 Å². The van der Waals surface area contributed by atoms with Crippen LogP contribution in [-0.4, -0.2) is 17.9 Å². The molecule has 2 heterocycles. The summed E-state index contributed by atoms with van der Waals surface area (Å²) in [6.07, 6.45) is 2.03. The largest absolute Gasteiger partial charge is 0.475 e. The molecule has 1 aliphatic carbocycles. The molecule has 2 aliphatic rings. The number of carboxylic acids is 1. The Balaban J connectivity index is 2.02. The lowest BCUT2D eigenvalue weighted by atomic mass is 10.1. The van der Waals surface area contributed by atoms with E-state index in [1.54, 1.807) is 6.07 Å². The van der Waals surface area contributed by atoms with E-state index in [2.05, 4.69) is 0 Å². The molecule has 1 N–H and O–H groups in total. The second kappa shape index (κ2) is 3.19. The predicted molar refractivity (Wildman–Crippen MR) is 61.3 cm³/mol. The Bertz CT molecular complexity index is 666. The highest BCUT2D eigenvalue weighted by atomic mass is 16.7. The van der Waals surface area contributed by atoms with Gasteiger partial charge in [0.05, 0.1) is 0 Å². The van der Waals surface area contributed by atoms with Gasteiger partial charge in [-0.25, -0.2) is 4.79 Å². The predicted octanol–water partition coefficient (Wildman–Crippen LogP) is 2.74. The van der Waals surface area contributed by atoms with E-state index in [9.17, 15) is 9.90 Å². The van der Waals surface area contributed by atoms with Crippen LogP contribution in [0.2, 0.25) is 0 Å². The number of furan rings is 1. The van der Waals surface area contributed by atoms with Crippen molar-refractivity contribution in [3.63, 3.8) is 0 Å². The van der Waals surface area contributed by atoms with Gasteiger partial charge in [0.25, 0.3) is 0 Å². The van der Waals surface area contributed by atoms with Crippen LogP contribution in [-0.2, 0) is 0 Å². The molecular weight excluding hydrogens is 236 g/mol. The lowest BCUT2D eigenvalue weighted by Crippen LogP contribution is -1.97. The van der Waals surface area contributed by atoms with Crippen molar-refractivity contribution in [3.8, 4) is 11.5 Å². The summed E-state index contributed by atoms with van der Waals surface area (Å²) >= 11 is 0. The first kappa shape index (κ1) is 9.82. The van der Waals surface area contributed by atoms with Crippen LogP contribution >= 0.6 is 0 Å². The Morgan fingerprint density at radius 3 is 2.61 bits per heavy atom. The molecule has 5 heteroatoms. The number of carbonyl (C=O) groups is 1. The van der Waals surface area contributed by atoms with Crippen molar-refractivity contribution in [2.24, 2.45) is 0 Å². The van der Waals surface area contributed by atoms with E-state index in [4.69, 9.17) is 13.9 Å². The maximum atomic E-state index is 11.2. The van der Waals surface area contributed by atoms with Crippen LogP contribution in [0.4, 0.5) is 0 Å². The van der Waals surface area contributed by atoms with Gasteiger partial charge >= 0.3 is 5.97 Å². The lowest BCUT2D eigenvalue weighted by Gasteiger charge is -1.97. The van der Waals surface area contributed by atoms with Gasteiger partial charge in [0.1, 0.15) is 5.58 Å². The maximum absolute atomic E-state index is 11.2. The number of benzene rings is 1. The van der Waals surface area contributed by atoms with Crippen LogP contribution in [0.1, 0.15) is 34.9 Å². The summed E-state index contributed by atoms with van der Waals surface area (Å²) in [4.78, 5) is 11.2. The topological polar surface area (TPSA) is 68.9 Å². The van der Waals surface area contributed by atoms with Crippen molar-refractivity contribution < 1.29 is 23.8 Å². The van der Waals surface area contributed by atoms with E-state index < -0.39 is 5.97 Å². The zero-order valence-corrected chi connectivity index (χ0v) is 9.43. The van der Waals surface area contributed by atoms with Gasteiger partial charge < -0.3 is 19.0 Å². The van der Waals surface area contributed by atoms with Gasteiger partial charge in [-0.15, -0.1) is 0 Å². The monoisotopic (exact) mass is 246 g/mol. The van der Waals surface area contributed by atoms with Crippen molar-refractivity contribution in [2.45, 2.75) is 18.8 Å². The molecule has 1 aromatic heterocycles. The molecule has 0 saturated heterocycles. The number of ether oxygens (including phenoxy) is 2. The van der Waals surface area contributed by atoms with Crippen molar-refractivity contribution in [2.75, 3.05) is 6.79 Å². The fourth-order valence-corrected chi connectivity index (χ4v) is 2.44. The molecule has 0 spiro atoms. The molecule has 0 amide bonds. The number of hydrogen-bond acceptors (Lipinski definition) is 4. The Labute approximate surface area is 102 Å². The zero-order valence-electron chi connectivity index (χ0n) is 9.43. The van der Waals surface area contributed by atoms with Gasteiger partial charge in [-0.05, 0) is 24.8 Å². The first-order chi connectivity index (χ1) is 8.74. The number of fused-ring (bicyclic) bond motifs is 2. The molecule has 0 atom stereocenters. The summed E-state index contributed by atoms with van der Waals surface area (Å²) in [6.45, 7) is 0.201. The molecular formula is C13H10O5. The number of carboxylic acid groups (broad SMARTS) is 1. The van der Waals surface area contributed by atoms with Crippen molar-refractivity contribution in [1.82, 2.24) is 0 Å². The number of aromatic carboxylic acids is 1. The van der Waals surface area contributed by atoms with Gasteiger partial charge in [-0.1, -0.05) is 0 Å². The summed E-state index contributed by atoms with van der Waals surface area (Å²) in [5.74, 6) is 0.599. The molecule has 1 aliphatic heterocycles. The van der Waals surface area contributed by atoms with Crippen LogP contribution < -0.4 is 9.47 Å². The highest BCUT2D eigenvalue weighted by Gasteiger charge is 2.34. The zero-order chi connectivity index (χ0) is 12.3. The molecule has 1 saturated carbocycles.